The Kier molecular flexibility index (Phi) is 2.60. The molecule has 1 aromatic rings. The van der Waals surface area contributed by atoms with Crippen molar-refractivity contribution in [2.45, 2.75) is 25.9 Å². The lowest BCUT2D eigenvalue weighted by Crippen LogP contribution is -2.39. The van der Waals surface area contributed by atoms with Crippen molar-refractivity contribution in [2.24, 2.45) is 5.10 Å². The quantitative estimate of drug-likeness (QED) is 0.564. The van der Waals surface area contributed by atoms with Crippen LogP contribution in [0.25, 0.3) is 0 Å². The molecule has 0 saturated heterocycles. The Morgan fingerprint density at radius 3 is 2.50 bits per heavy atom. The van der Waals surface area contributed by atoms with Gasteiger partial charge in [0.15, 0.2) is 0 Å². The minimum atomic E-state index is -0.708. The van der Waals surface area contributed by atoms with Gasteiger partial charge in [-0.15, -0.1) is 0 Å². The molecule has 0 aromatic heterocycles. The number of hydrazone groups is 1. The number of rotatable bonds is 2. The molecule has 0 amide bonds. The molecule has 1 aliphatic heterocycles. The zero-order valence-corrected chi connectivity index (χ0v) is 9.20. The number of para-hydroxylation sites is 1. The second-order valence-electron chi connectivity index (χ2n) is 3.89. The second kappa shape index (κ2) is 3.92. The van der Waals surface area contributed by atoms with E-state index in [2.05, 4.69) is 5.10 Å². The van der Waals surface area contributed by atoms with Crippen molar-refractivity contribution >= 4 is 11.4 Å². The highest BCUT2D eigenvalue weighted by atomic mass is 16.6. The molecule has 2 atom stereocenters. The molecule has 5 heteroatoms. The van der Waals surface area contributed by atoms with Gasteiger partial charge in [0.1, 0.15) is 11.8 Å². The average Bonchev–Trinajstić information content (AvgIpc) is 2.55. The first kappa shape index (κ1) is 10.6. The van der Waals surface area contributed by atoms with E-state index in [1.54, 1.807) is 11.9 Å². The molecule has 84 valence electrons. The highest BCUT2D eigenvalue weighted by Gasteiger charge is 2.41. The van der Waals surface area contributed by atoms with Crippen LogP contribution in [-0.2, 0) is 0 Å². The van der Waals surface area contributed by atoms with E-state index in [-0.39, 0.29) is 11.0 Å². The highest BCUT2D eigenvalue weighted by Crippen LogP contribution is 2.25. The van der Waals surface area contributed by atoms with Gasteiger partial charge in [-0.25, -0.2) is 0 Å². The highest BCUT2D eigenvalue weighted by molar-refractivity contribution is 5.90. The molecule has 16 heavy (non-hydrogen) atoms. The van der Waals surface area contributed by atoms with Gasteiger partial charge in [0.05, 0.1) is 5.69 Å². The van der Waals surface area contributed by atoms with E-state index < -0.39 is 6.04 Å². The number of anilines is 1. The van der Waals surface area contributed by atoms with E-state index in [9.17, 15) is 10.1 Å². The van der Waals surface area contributed by atoms with Gasteiger partial charge in [-0.05, 0) is 26.0 Å². The van der Waals surface area contributed by atoms with Crippen molar-refractivity contribution in [3.8, 4) is 0 Å². The van der Waals surface area contributed by atoms with Crippen LogP contribution in [0, 0.1) is 10.1 Å². The summed E-state index contributed by atoms with van der Waals surface area (Å²) in [6.45, 7) is 3.52. The fourth-order valence-corrected chi connectivity index (χ4v) is 2.01. The molecule has 2 rings (SSSR count). The number of nitro groups is 1. The van der Waals surface area contributed by atoms with Gasteiger partial charge in [0, 0.05) is 4.92 Å². The van der Waals surface area contributed by atoms with Crippen molar-refractivity contribution in [3.63, 3.8) is 0 Å². The summed E-state index contributed by atoms with van der Waals surface area (Å²) in [4.78, 5) is 10.6. The van der Waals surface area contributed by atoms with Crippen LogP contribution >= 0.6 is 0 Å². The Morgan fingerprint density at radius 2 is 2.00 bits per heavy atom. The van der Waals surface area contributed by atoms with E-state index in [0.29, 0.717) is 5.71 Å². The Labute approximate surface area is 93.5 Å². The standard InChI is InChI=1S/C11H13N3O2/c1-8-11(14(15)16)9(2)13(12-8)10-6-4-3-5-7-10/h3-7,9,11H,1-2H3. The third-order valence-corrected chi connectivity index (χ3v) is 2.78. The fraction of sp³-hybridized carbons (Fsp3) is 0.364. The summed E-state index contributed by atoms with van der Waals surface area (Å²) in [5.74, 6) is 0. The minimum Gasteiger partial charge on any atom is -0.264 e. The maximum Gasteiger partial charge on any atom is 0.274 e. The molecule has 0 fully saturated rings. The molecule has 0 spiro atoms. The van der Waals surface area contributed by atoms with Crippen LogP contribution in [0.5, 0.6) is 0 Å². The first-order chi connectivity index (χ1) is 7.61. The number of hydrogen-bond acceptors (Lipinski definition) is 4. The van der Waals surface area contributed by atoms with Gasteiger partial charge in [-0.1, -0.05) is 18.2 Å². The summed E-state index contributed by atoms with van der Waals surface area (Å²) in [5, 5.41) is 16.9. The molecule has 0 bridgehead atoms. The lowest BCUT2D eigenvalue weighted by atomic mass is 10.1. The maximum absolute atomic E-state index is 10.9. The third kappa shape index (κ3) is 1.64. The van der Waals surface area contributed by atoms with Crippen LogP contribution in [0.3, 0.4) is 0 Å². The van der Waals surface area contributed by atoms with Crippen LogP contribution in [0.2, 0.25) is 0 Å². The van der Waals surface area contributed by atoms with Crippen molar-refractivity contribution in [1.82, 2.24) is 0 Å². The summed E-state index contributed by atoms with van der Waals surface area (Å²) in [7, 11) is 0. The first-order valence-corrected chi connectivity index (χ1v) is 5.14. The van der Waals surface area contributed by atoms with E-state index in [1.165, 1.54) is 0 Å². The zero-order valence-electron chi connectivity index (χ0n) is 9.20. The van der Waals surface area contributed by atoms with Crippen LogP contribution in [0.15, 0.2) is 35.4 Å². The Morgan fingerprint density at radius 1 is 1.38 bits per heavy atom. The van der Waals surface area contributed by atoms with Crippen LogP contribution < -0.4 is 5.01 Å². The SMILES string of the molecule is CC1=NN(c2ccccc2)C(C)C1[N+](=O)[O-]. The largest absolute Gasteiger partial charge is 0.274 e. The zero-order chi connectivity index (χ0) is 11.7. The first-order valence-electron chi connectivity index (χ1n) is 5.14. The molecule has 0 radical (unpaired) electrons. The normalized spacial score (nSPS) is 24.4. The van der Waals surface area contributed by atoms with Crippen LogP contribution in [0.4, 0.5) is 5.69 Å². The Balaban J connectivity index is 2.31. The van der Waals surface area contributed by atoms with Gasteiger partial charge in [0.2, 0.25) is 0 Å². The smallest absolute Gasteiger partial charge is 0.264 e. The van der Waals surface area contributed by atoms with Gasteiger partial charge in [-0.2, -0.15) is 5.10 Å². The molecule has 1 aromatic carbocycles. The minimum absolute atomic E-state index is 0.239. The van der Waals surface area contributed by atoms with Crippen molar-refractivity contribution in [3.05, 3.63) is 40.4 Å². The monoisotopic (exact) mass is 219 g/mol. The molecule has 0 saturated carbocycles. The van der Waals surface area contributed by atoms with E-state index in [4.69, 9.17) is 0 Å². The second-order valence-corrected chi connectivity index (χ2v) is 3.89. The molecular weight excluding hydrogens is 206 g/mol. The molecule has 1 heterocycles. The summed E-state index contributed by atoms with van der Waals surface area (Å²) in [6, 6.07) is 8.55. The summed E-state index contributed by atoms with van der Waals surface area (Å²) in [5.41, 5.74) is 1.44. The summed E-state index contributed by atoms with van der Waals surface area (Å²) < 4.78 is 0. The van der Waals surface area contributed by atoms with Crippen LogP contribution in [0.1, 0.15) is 13.8 Å². The van der Waals surface area contributed by atoms with Gasteiger partial charge in [-0.3, -0.25) is 15.1 Å². The fourth-order valence-electron chi connectivity index (χ4n) is 2.01. The molecule has 2 unspecified atom stereocenters. The number of nitrogens with zero attached hydrogens (tertiary/aromatic N) is 3. The summed E-state index contributed by atoms with van der Waals surface area (Å²) in [6.07, 6.45) is 0. The number of hydrogen-bond donors (Lipinski definition) is 0. The van der Waals surface area contributed by atoms with E-state index >= 15 is 0 Å². The van der Waals surface area contributed by atoms with Gasteiger partial charge in [0.25, 0.3) is 6.04 Å². The molecular formula is C11H13N3O2. The van der Waals surface area contributed by atoms with E-state index in [0.717, 1.165) is 5.69 Å². The predicted octanol–water partition coefficient (Wildman–Crippen LogP) is 1.92. The molecule has 5 nitrogen and oxygen atoms in total. The van der Waals surface area contributed by atoms with Crippen LogP contribution in [-0.4, -0.2) is 22.7 Å². The van der Waals surface area contributed by atoms with Gasteiger partial charge >= 0.3 is 0 Å². The molecule has 1 aliphatic rings. The van der Waals surface area contributed by atoms with Crippen molar-refractivity contribution in [2.75, 3.05) is 5.01 Å². The van der Waals surface area contributed by atoms with Crippen molar-refractivity contribution in [1.29, 1.82) is 0 Å². The third-order valence-electron chi connectivity index (χ3n) is 2.78. The molecule has 0 N–H and O–H groups in total. The lowest BCUT2D eigenvalue weighted by molar-refractivity contribution is -0.503. The van der Waals surface area contributed by atoms with E-state index in [1.807, 2.05) is 37.3 Å². The Bertz CT molecular complexity index is 430. The Hall–Kier alpha value is -1.91. The van der Waals surface area contributed by atoms with Gasteiger partial charge < -0.3 is 0 Å². The number of benzene rings is 1. The molecule has 0 aliphatic carbocycles. The lowest BCUT2D eigenvalue weighted by Gasteiger charge is -2.20. The topological polar surface area (TPSA) is 58.7 Å². The average molecular weight is 219 g/mol. The van der Waals surface area contributed by atoms with Crippen molar-refractivity contribution < 1.29 is 4.92 Å². The predicted molar refractivity (Wildman–Crippen MR) is 62.3 cm³/mol. The maximum atomic E-state index is 10.9. The summed E-state index contributed by atoms with van der Waals surface area (Å²) >= 11 is 0.